The van der Waals surface area contributed by atoms with E-state index in [2.05, 4.69) is 10.6 Å². The van der Waals surface area contributed by atoms with Crippen LogP contribution < -0.4 is 15.4 Å². The second kappa shape index (κ2) is 10.3. The Kier molecular flexibility index (Phi) is 7.24. The van der Waals surface area contributed by atoms with Gasteiger partial charge in [0, 0.05) is 17.1 Å². The van der Waals surface area contributed by atoms with Gasteiger partial charge in [0.15, 0.2) is 0 Å². The number of carbonyl (C=O) groups excluding carboxylic acids is 2. The van der Waals surface area contributed by atoms with Gasteiger partial charge in [-0.25, -0.2) is 0 Å². The summed E-state index contributed by atoms with van der Waals surface area (Å²) in [4.78, 5) is 25.5. The zero-order valence-corrected chi connectivity index (χ0v) is 17.1. The van der Waals surface area contributed by atoms with Crippen LogP contribution in [0.3, 0.4) is 0 Å². The van der Waals surface area contributed by atoms with Crippen molar-refractivity contribution in [3.05, 3.63) is 106 Å². The van der Waals surface area contributed by atoms with Gasteiger partial charge in [-0.2, -0.15) is 0 Å². The first kappa shape index (κ1) is 21.1. The van der Waals surface area contributed by atoms with E-state index in [0.717, 1.165) is 11.1 Å². The molecule has 152 valence electrons. The Morgan fingerprint density at radius 1 is 0.933 bits per heavy atom. The highest BCUT2D eigenvalue weighted by Gasteiger charge is 2.15. The maximum atomic E-state index is 12.8. The lowest BCUT2D eigenvalue weighted by Crippen LogP contribution is -2.34. The van der Waals surface area contributed by atoms with Crippen LogP contribution in [-0.4, -0.2) is 18.9 Å². The van der Waals surface area contributed by atoms with Crippen LogP contribution in [0.4, 0.5) is 0 Å². The van der Waals surface area contributed by atoms with Crippen molar-refractivity contribution in [3.63, 3.8) is 0 Å². The van der Waals surface area contributed by atoms with Crippen LogP contribution in [0.5, 0.6) is 5.75 Å². The number of ether oxygens (including phenoxy) is 1. The lowest BCUT2D eigenvalue weighted by atomic mass is 10.1. The van der Waals surface area contributed by atoms with Crippen molar-refractivity contribution in [2.24, 2.45) is 0 Å². The largest absolute Gasteiger partial charge is 0.497 e. The molecule has 0 radical (unpaired) electrons. The third kappa shape index (κ3) is 5.96. The minimum Gasteiger partial charge on any atom is -0.497 e. The van der Waals surface area contributed by atoms with Crippen molar-refractivity contribution in [3.8, 4) is 5.75 Å². The zero-order chi connectivity index (χ0) is 21.3. The van der Waals surface area contributed by atoms with Gasteiger partial charge in [0.05, 0.1) is 7.11 Å². The smallest absolute Gasteiger partial charge is 0.268 e. The van der Waals surface area contributed by atoms with E-state index in [1.165, 1.54) is 0 Å². The van der Waals surface area contributed by atoms with Gasteiger partial charge in [-0.05, 0) is 53.6 Å². The van der Waals surface area contributed by atoms with E-state index in [0.29, 0.717) is 22.9 Å². The van der Waals surface area contributed by atoms with Crippen LogP contribution in [0.15, 0.2) is 84.6 Å². The molecule has 2 N–H and O–H groups in total. The second-order valence-electron chi connectivity index (χ2n) is 6.46. The molecule has 0 aliphatic rings. The second-order valence-corrected chi connectivity index (χ2v) is 6.90. The third-order valence-electron chi connectivity index (χ3n) is 4.32. The van der Waals surface area contributed by atoms with Gasteiger partial charge in [0.1, 0.15) is 11.4 Å². The van der Waals surface area contributed by atoms with Gasteiger partial charge in [-0.15, -0.1) is 0 Å². The Bertz CT molecular complexity index is 1030. The molecule has 0 saturated carbocycles. The summed E-state index contributed by atoms with van der Waals surface area (Å²) in [6.07, 6.45) is 1.61. The number of benzene rings is 3. The van der Waals surface area contributed by atoms with Gasteiger partial charge >= 0.3 is 0 Å². The highest BCUT2D eigenvalue weighted by Crippen LogP contribution is 2.14. The summed E-state index contributed by atoms with van der Waals surface area (Å²) in [6.45, 7) is 0.343. The molecule has 30 heavy (non-hydrogen) atoms. The SMILES string of the molecule is COc1ccc(C(=O)N/C(=C/c2ccc(Cl)cc2)C(=O)NCc2ccccc2)cc1. The van der Waals surface area contributed by atoms with E-state index >= 15 is 0 Å². The number of carbonyl (C=O) groups is 2. The Morgan fingerprint density at radius 3 is 2.23 bits per heavy atom. The first-order valence-electron chi connectivity index (χ1n) is 9.30. The summed E-state index contributed by atoms with van der Waals surface area (Å²) in [7, 11) is 1.55. The van der Waals surface area contributed by atoms with Crippen LogP contribution in [0, 0.1) is 0 Å². The predicted molar refractivity (Wildman–Crippen MR) is 118 cm³/mol. The fourth-order valence-corrected chi connectivity index (χ4v) is 2.82. The lowest BCUT2D eigenvalue weighted by molar-refractivity contribution is -0.117. The monoisotopic (exact) mass is 420 g/mol. The van der Waals surface area contributed by atoms with Crippen LogP contribution in [0.25, 0.3) is 6.08 Å². The molecule has 0 unspecified atom stereocenters. The lowest BCUT2D eigenvalue weighted by Gasteiger charge is -2.12. The van der Waals surface area contributed by atoms with E-state index in [1.54, 1.807) is 61.7 Å². The molecular formula is C24H21ClN2O3. The van der Waals surface area contributed by atoms with Crippen LogP contribution in [-0.2, 0) is 11.3 Å². The molecule has 3 aromatic carbocycles. The third-order valence-corrected chi connectivity index (χ3v) is 4.57. The van der Waals surface area contributed by atoms with Crippen molar-refractivity contribution in [1.82, 2.24) is 10.6 Å². The minimum absolute atomic E-state index is 0.133. The number of amides is 2. The topological polar surface area (TPSA) is 67.4 Å². The number of halogens is 1. The molecule has 0 fully saturated rings. The average Bonchev–Trinajstić information content (AvgIpc) is 2.79. The first-order chi connectivity index (χ1) is 14.5. The summed E-state index contributed by atoms with van der Waals surface area (Å²) >= 11 is 5.94. The Balaban J connectivity index is 1.79. The van der Waals surface area contributed by atoms with Crippen molar-refractivity contribution in [1.29, 1.82) is 0 Å². The van der Waals surface area contributed by atoms with Crippen molar-refractivity contribution >= 4 is 29.5 Å². The fraction of sp³-hybridized carbons (Fsp3) is 0.0833. The highest BCUT2D eigenvalue weighted by atomic mass is 35.5. The van der Waals surface area contributed by atoms with Crippen molar-refractivity contribution in [2.45, 2.75) is 6.54 Å². The maximum absolute atomic E-state index is 12.8. The normalized spacial score (nSPS) is 10.9. The molecule has 0 spiro atoms. The average molecular weight is 421 g/mol. The summed E-state index contributed by atoms with van der Waals surface area (Å²) in [5.74, 6) is -0.146. The van der Waals surface area contributed by atoms with Crippen LogP contribution in [0.2, 0.25) is 5.02 Å². The quantitative estimate of drug-likeness (QED) is 0.555. The zero-order valence-electron chi connectivity index (χ0n) is 16.4. The van der Waals surface area contributed by atoms with E-state index in [-0.39, 0.29) is 5.70 Å². The van der Waals surface area contributed by atoms with Gasteiger partial charge < -0.3 is 15.4 Å². The van der Waals surface area contributed by atoms with Gasteiger partial charge in [-0.1, -0.05) is 54.1 Å². The molecule has 0 atom stereocenters. The number of nitrogens with one attached hydrogen (secondary N) is 2. The van der Waals surface area contributed by atoms with Gasteiger partial charge in [-0.3, -0.25) is 9.59 Å². The van der Waals surface area contributed by atoms with Crippen molar-refractivity contribution < 1.29 is 14.3 Å². The Morgan fingerprint density at radius 2 is 1.60 bits per heavy atom. The summed E-state index contributed by atoms with van der Waals surface area (Å²) in [5, 5.41) is 6.13. The molecule has 0 heterocycles. The van der Waals surface area contributed by atoms with E-state index in [9.17, 15) is 9.59 Å². The highest BCUT2D eigenvalue weighted by molar-refractivity contribution is 6.30. The van der Waals surface area contributed by atoms with Gasteiger partial charge in [0.2, 0.25) is 0 Å². The number of hydrogen-bond acceptors (Lipinski definition) is 3. The molecule has 0 aliphatic heterocycles. The molecule has 3 aromatic rings. The number of hydrogen-bond donors (Lipinski definition) is 2. The molecule has 0 aliphatic carbocycles. The van der Waals surface area contributed by atoms with E-state index in [4.69, 9.17) is 16.3 Å². The Hall–Kier alpha value is -3.57. The van der Waals surface area contributed by atoms with E-state index in [1.807, 2.05) is 30.3 Å². The van der Waals surface area contributed by atoms with Crippen molar-refractivity contribution in [2.75, 3.05) is 7.11 Å². The molecule has 3 rings (SSSR count). The minimum atomic E-state index is -0.396. The van der Waals surface area contributed by atoms with Gasteiger partial charge in [0.25, 0.3) is 11.8 Å². The molecule has 2 amide bonds. The summed E-state index contributed by atoms with van der Waals surface area (Å²) in [6, 6.07) is 23.2. The fourth-order valence-electron chi connectivity index (χ4n) is 2.69. The van der Waals surface area contributed by atoms with Crippen LogP contribution >= 0.6 is 11.6 Å². The molecular weight excluding hydrogens is 400 g/mol. The molecule has 0 saturated heterocycles. The van der Waals surface area contributed by atoms with E-state index < -0.39 is 11.8 Å². The molecule has 0 aromatic heterocycles. The standard InChI is InChI=1S/C24H21ClN2O3/c1-30-21-13-9-19(10-14-21)23(28)27-22(15-17-7-11-20(25)12-8-17)24(29)26-16-18-5-3-2-4-6-18/h2-15H,16H2,1H3,(H,26,29)(H,27,28)/b22-15+. The number of rotatable bonds is 7. The summed E-state index contributed by atoms with van der Waals surface area (Å²) < 4.78 is 5.11. The summed E-state index contributed by atoms with van der Waals surface area (Å²) in [5.41, 5.74) is 2.24. The number of methoxy groups -OCH3 is 1. The molecule has 5 nitrogen and oxygen atoms in total. The molecule has 6 heteroatoms. The Labute approximate surface area is 180 Å². The maximum Gasteiger partial charge on any atom is 0.268 e. The predicted octanol–water partition coefficient (Wildman–Crippen LogP) is 4.44. The molecule has 0 bridgehead atoms. The first-order valence-corrected chi connectivity index (χ1v) is 9.68. The van der Waals surface area contributed by atoms with Crippen LogP contribution in [0.1, 0.15) is 21.5 Å².